The first-order valence-electron chi connectivity index (χ1n) is 8.74. The highest BCUT2D eigenvalue weighted by Crippen LogP contribution is 2.09. The molecule has 0 saturated carbocycles. The Morgan fingerprint density at radius 1 is 0.645 bits per heavy atom. The van der Waals surface area contributed by atoms with E-state index in [1.54, 1.807) is 48.5 Å². The molecule has 0 bridgehead atoms. The molecule has 166 valence electrons. The molecule has 0 aliphatic rings. The van der Waals surface area contributed by atoms with Gasteiger partial charge in [0, 0.05) is 5.56 Å². The summed E-state index contributed by atoms with van der Waals surface area (Å²) in [5.74, 6) is -0.379. The molecule has 0 unspecified atom stereocenters. The second-order valence-corrected chi connectivity index (χ2v) is 9.15. The van der Waals surface area contributed by atoms with Gasteiger partial charge in [-0.2, -0.15) is 16.8 Å². The lowest BCUT2D eigenvalue weighted by Crippen LogP contribution is -2.09. The van der Waals surface area contributed by atoms with Crippen molar-refractivity contribution in [1.29, 1.82) is 0 Å². The van der Waals surface area contributed by atoms with Gasteiger partial charge in [0.15, 0.2) is 0 Å². The highest BCUT2D eigenvalue weighted by molar-refractivity contribution is 7.86. The Bertz CT molecular complexity index is 1120. The Kier molecular flexibility index (Phi) is 9.53. The van der Waals surface area contributed by atoms with Gasteiger partial charge in [-0.3, -0.25) is 13.9 Å². The standard InChI is InChI=1S/C7H7NO.2C7H8O3S/c8-7(9)6-4-2-1-3-5-6;2*1-6-2-4-7(5-3-6)11(8,9)10/h1-5H,(H2,8,9);2*2-5H,1H3,(H,8,9,10). The average Bonchev–Trinajstić information content (AvgIpc) is 2.69. The third-order valence-electron chi connectivity index (χ3n) is 3.70. The molecule has 0 aromatic heterocycles. The van der Waals surface area contributed by atoms with E-state index in [0.717, 1.165) is 11.1 Å². The third-order valence-corrected chi connectivity index (χ3v) is 5.43. The van der Waals surface area contributed by atoms with Gasteiger partial charge in [-0.15, -0.1) is 0 Å². The fourth-order valence-electron chi connectivity index (χ4n) is 2.02. The molecule has 0 spiro atoms. The van der Waals surface area contributed by atoms with Gasteiger partial charge in [0.2, 0.25) is 5.91 Å². The van der Waals surface area contributed by atoms with Gasteiger partial charge in [-0.25, -0.2) is 0 Å². The van der Waals surface area contributed by atoms with Crippen LogP contribution >= 0.6 is 0 Å². The minimum Gasteiger partial charge on any atom is -0.366 e. The van der Waals surface area contributed by atoms with Crippen molar-refractivity contribution in [3.8, 4) is 0 Å². The monoisotopic (exact) mass is 465 g/mol. The van der Waals surface area contributed by atoms with Gasteiger partial charge in [0.25, 0.3) is 20.2 Å². The molecule has 0 saturated heterocycles. The minimum atomic E-state index is -4.02. The van der Waals surface area contributed by atoms with Crippen LogP contribution in [0.25, 0.3) is 0 Å². The molecule has 10 heteroatoms. The molecule has 0 atom stereocenters. The van der Waals surface area contributed by atoms with Gasteiger partial charge in [0.1, 0.15) is 0 Å². The predicted octanol–water partition coefficient (Wildman–Crippen LogP) is 3.27. The largest absolute Gasteiger partial charge is 0.366 e. The zero-order chi connectivity index (χ0) is 23.7. The summed E-state index contributed by atoms with van der Waals surface area (Å²) in [5.41, 5.74) is 7.44. The highest BCUT2D eigenvalue weighted by atomic mass is 32.2. The van der Waals surface area contributed by atoms with E-state index in [0.29, 0.717) is 5.56 Å². The van der Waals surface area contributed by atoms with E-state index in [9.17, 15) is 21.6 Å². The fraction of sp³-hybridized carbons (Fsp3) is 0.0952. The third kappa shape index (κ3) is 10.0. The molecule has 0 heterocycles. The second-order valence-electron chi connectivity index (χ2n) is 6.31. The second kappa shape index (κ2) is 11.4. The molecule has 3 rings (SSSR count). The minimum absolute atomic E-state index is 0.0666. The molecular formula is C21H23NO7S2. The number of primary amides is 1. The van der Waals surface area contributed by atoms with Gasteiger partial charge in [-0.1, -0.05) is 53.6 Å². The first kappa shape index (κ1) is 26.0. The number of aryl methyl sites for hydroxylation is 2. The Balaban J connectivity index is 0.000000234. The summed E-state index contributed by atoms with van der Waals surface area (Å²) in [5, 5.41) is 0. The fourth-order valence-corrected chi connectivity index (χ4v) is 2.98. The van der Waals surface area contributed by atoms with Crippen molar-refractivity contribution in [2.24, 2.45) is 5.73 Å². The van der Waals surface area contributed by atoms with E-state index in [-0.39, 0.29) is 15.7 Å². The van der Waals surface area contributed by atoms with Crippen molar-refractivity contribution in [2.45, 2.75) is 23.6 Å². The SMILES string of the molecule is Cc1ccc(S(=O)(=O)O)cc1.Cc1ccc(S(=O)(=O)O)cc1.NC(=O)c1ccccc1. The molecule has 0 aliphatic carbocycles. The van der Waals surface area contributed by atoms with Crippen LogP contribution in [-0.2, 0) is 20.2 Å². The molecule has 0 aliphatic heterocycles. The average molecular weight is 466 g/mol. The summed E-state index contributed by atoms with van der Waals surface area (Å²) < 4.78 is 59.1. The number of amides is 1. The summed E-state index contributed by atoms with van der Waals surface area (Å²) >= 11 is 0. The lowest BCUT2D eigenvalue weighted by atomic mass is 10.2. The first-order valence-corrected chi connectivity index (χ1v) is 11.6. The Labute approximate surface area is 181 Å². The Hall–Kier alpha value is -3.05. The molecular weight excluding hydrogens is 442 g/mol. The molecule has 3 aromatic carbocycles. The van der Waals surface area contributed by atoms with Crippen molar-refractivity contribution < 1.29 is 30.7 Å². The Morgan fingerprint density at radius 3 is 1.19 bits per heavy atom. The van der Waals surface area contributed by atoms with Crippen molar-refractivity contribution in [1.82, 2.24) is 0 Å². The van der Waals surface area contributed by atoms with Crippen LogP contribution in [-0.4, -0.2) is 31.8 Å². The van der Waals surface area contributed by atoms with E-state index >= 15 is 0 Å². The number of carbonyl (C=O) groups is 1. The van der Waals surface area contributed by atoms with Crippen molar-refractivity contribution in [3.05, 3.63) is 95.6 Å². The van der Waals surface area contributed by atoms with Crippen LogP contribution in [0, 0.1) is 13.8 Å². The van der Waals surface area contributed by atoms with Crippen LogP contribution in [0.15, 0.2) is 88.7 Å². The van der Waals surface area contributed by atoms with E-state index in [4.69, 9.17) is 14.8 Å². The normalized spacial score (nSPS) is 10.7. The smallest absolute Gasteiger partial charge is 0.294 e. The topological polar surface area (TPSA) is 152 Å². The zero-order valence-corrected chi connectivity index (χ0v) is 18.5. The molecule has 4 N–H and O–H groups in total. The predicted molar refractivity (Wildman–Crippen MR) is 117 cm³/mol. The van der Waals surface area contributed by atoms with Crippen molar-refractivity contribution in [3.63, 3.8) is 0 Å². The number of rotatable bonds is 3. The van der Waals surface area contributed by atoms with E-state index in [1.807, 2.05) is 19.9 Å². The first-order chi connectivity index (χ1) is 14.3. The summed E-state index contributed by atoms with van der Waals surface area (Å²) in [4.78, 5) is 10.3. The maximum absolute atomic E-state index is 10.5. The molecule has 0 fully saturated rings. The molecule has 3 aromatic rings. The number of hydrogen-bond donors (Lipinski definition) is 3. The lowest BCUT2D eigenvalue weighted by molar-refractivity contribution is 0.1000. The molecule has 31 heavy (non-hydrogen) atoms. The number of carbonyl (C=O) groups excluding carboxylic acids is 1. The number of benzene rings is 3. The highest BCUT2D eigenvalue weighted by Gasteiger charge is 2.07. The maximum Gasteiger partial charge on any atom is 0.294 e. The van der Waals surface area contributed by atoms with Crippen molar-refractivity contribution >= 4 is 26.1 Å². The molecule has 8 nitrogen and oxygen atoms in total. The van der Waals surface area contributed by atoms with E-state index in [1.165, 1.54) is 24.3 Å². The van der Waals surface area contributed by atoms with Crippen LogP contribution < -0.4 is 5.73 Å². The molecule has 1 amide bonds. The summed E-state index contributed by atoms with van der Waals surface area (Å²) in [6.45, 7) is 3.68. The zero-order valence-electron chi connectivity index (χ0n) is 16.8. The number of nitrogens with two attached hydrogens (primary N) is 1. The quantitative estimate of drug-likeness (QED) is 0.502. The molecule has 0 radical (unpaired) electrons. The van der Waals surface area contributed by atoms with Crippen LogP contribution in [0.5, 0.6) is 0 Å². The summed E-state index contributed by atoms with van der Waals surface area (Å²) in [6, 6.07) is 20.7. The maximum atomic E-state index is 10.5. The van der Waals surface area contributed by atoms with E-state index < -0.39 is 20.2 Å². The Morgan fingerprint density at radius 2 is 0.968 bits per heavy atom. The van der Waals surface area contributed by atoms with Crippen LogP contribution in [0.4, 0.5) is 0 Å². The van der Waals surface area contributed by atoms with Gasteiger partial charge < -0.3 is 5.73 Å². The summed E-state index contributed by atoms with van der Waals surface area (Å²) in [7, 11) is -8.04. The number of hydrogen-bond acceptors (Lipinski definition) is 5. The van der Waals surface area contributed by atoms with Crippen LogP contribution in [0.3, 0.4) is 0 Å². The van der Waals surface area contributed by atoms with Crippen molar-refractivity contribution in [2.75, 3.05) is 0 Å². The lowest BCUT2D eigenvalue weighted by Gasteiger charge is -1.95. The van der Waals surface area contributed by atoms with Gasteiger partial charge in [0.05, 0.1) is 9.79 Å². The van der Waals surface area contributed by atoms with Gasteiger partial charge >= 0.3 is 0 Å². The van der Waals surface area contributed by atoms with Crippen LogP contribution in [0.2, 0.25) is 0 Å². The summed E-state index contributed by atoms with van der Waals surface area (Å²) in [6.07, 6.45) is 0. The van der Waals surface area contributed by atoms with Crippen LogP contribution in [0.1, 0.15) is 21.5 Å². The van der Waals surface area contributed by atoms with E-state index in [2.05, 4.69) is 0 Å². The van der Waals surface area contributed by atoms with Gasteiger partial charge in [-0.05, 0) is 50.2 Å².